The van der Waals surface area contributed by atoms with E-state index in [1.807, 2.05) is 0 Å². The maximum absolute atomic E-state index is 12.7. The van der Waals surface area contributed by atoms with E-state index in [9.17, 15) is 24.0 Å². The number of carbonyl (C=O) groups excluding carboxylic acids is 5. The quantitative estimate of drug-likeness (QED) is 0.417. The third kappa shape index (κ3) is 3.72. The summed E-state index contributed by atoms with van der Waals surface area (Å²) < 4.78 is 5.23. The molecule has 2 aliphatic rings. The lowest BCUT2D eigenvalue weighted by atomic mass is 10.0. The second-order valence-electron chi connectivity index (χ2n) is 6.55. The molecule has 4 N–H and O–H groups in total. The van der Waals surface area contributed by atoms with Gasteiger partial charge in [-0.1, -0.05) is 0 Å². The van der Waals surface area contributed by atoms with Crippen LogP contribution < -0.4 is 16.4 Å². The Bertz CT molecular complexity index is 868. The molecule has 1 fully saturated rings. The van der Waals surface area contributed by atoms with Gasteiger partial charge in [-0.3, -0.25) is 34.2 Å². The van der Waals surface area contributed by atoms with Crippen molar-refractivity contribution in [3.8, 4) is 0 Å². The molecule has 10 nitrogen and oxygen atoms in total. The fourth-order valence-corrected chi connectivity index (χ4v) is 3.09. The average molecular weight is 388 g/mol. The first kappa shape index (κ1) is 19.5. The monoisotopic (exact) mass is 388 g/mol. The largest absolute Gasteiger partial charge is 0.383 e. The van der Waals surface area contributed by atoms with Crippen molar-refractivity contribution >= 4 is 35.2 Å². The number of carbonyl (C=O) groups is 5. The molecule has 2 heterocycles. The first-order valence-corrected chi connectivity index (χ1v) is 8.80. The van der Waals surface area contributed by atoms with Gasteiger partial charge in [-0.15, -0.1) is 0 Å². The third-order valence-electron chi connectivity index (χ3n) is 4.64. The molecule has 1 saturated heterocycles. The van der Waals surface area contributed by atoms with Crippen molar-refractivity contribution in [1.82, 2.24) is 10.2 Å². The van der Waals surface area contributed by atoms with Crippen LogP contribution in [0.2, 0.25) is 0 Å². The predicted molar refractivity (Wildman–Crippen MR) is 96.2 cm³/mol. The molecule has 2 unspecified atom stereocenters. The SMILES string of the molecule is CC(OCCNc1ccc2c(c1)C(=O)N(C1CCC(=O)NC1=O)C2=O)C(N)=O. The fourth-order valence-electron chi connectivity index (χ4n) is 3.09. The summed E-state index contributed by atoms with van der Waals surface area (Å²) in [5.74, 6) is -2.76. The number of rotatable bonds is 7. The normalized spacial score (nSPS) is 20.0. The maximum Gasteiger partial charge on any atom is 0.262 e. The van der Waals surface area contributed by atoms with Crippen molar-refractivity contribution in [2.75, 3.05) is 18.5 Å². The summed E-state index contributed by atoms with van der Waals surface area (Å²) in [4.78, 5) is 60.5. The molecular weight excluding hydrogens is 368 g/mol. The van der Waals surface area contributed by atoms with Crippen LogP contribution in [0.3, 0.4) is 0 Å². The van der Waals surface area contributed by atoms with E-state index < -0.39 is 41.7 Å². The molecule has 0 radical (unpaired) electrons. The van der Waals surface area contributed by atoms with E-state index in [-0.39, 0.29) is 30.6 Å². The number of nitrogens with one attached hydrogen (secondary N) is 2. The molecule has 10 heteroatoms. The first-order valence-electron chi connectivity index (χ1n) is 8.80. The number of amides is 5. The van der Waals surface area contributed by atoms with Crippen LogP contribution in [0.5, 0.6) is 0 Å². The number of ether oxygens (including phenoxy) is 1. The molecule has 1 aromatic rings. The van der Waals surface area contributed by atoms with Gasteiger partial charge in [0.2, 0.25) is 17.7 Å². The molecule has 148 valence electrons. The van der Waals surface area contributed by atoms with Crippen LogP contribution in [0.15, 0.2) is 18.2 Å². The van der Waals surface area contributed by atoms with E-state index in [1.54, 1.807) is 13.0 Å². The summed E-state index contributed by atoms with van der Waals surface area (Å²) in [6, 6.07) is 3.68. The summed E-state index contributed by atoms with van der Waals surface area (Å²) in [6.45, 7) is 2.12. The molecule has 0 aromatic heterocycles. The Morgan fingerprint density at radius 1 is 1.29 bits per heavy atom. The Morgan fingerprint density at radius 2 is 2.00 bits per heavy atom. The Hall–Kier alpha value is -3.27. The maximum atomic E-state index is 12.7. The van der Waals surface area contributed by atoms with E-state index >= 15 is 0 Å². The molecule has 5 amide bonds. The number of anilines is 1. The summed E-state index contributed by atoms with van der Waals surface area (Å²) in [7, 11) is 0. The Kier molecular flexibility index (Phi) is 5.41. The second kappa shape index (κ2) is 7.77. The molecule has 0 aliphatic carbocycles. The highest BCUT2D eigenvalue weighted by Crippen LogP contribution is 2.29. The number of nitrogens with two attached hydrogens (primary N) is 1. The van der Waals surface area contributed by atoms with Gasteiger partial charge in [-0.2, -0.15) is 0 Å². The second-order valence-corrected chi connectivity index (χ2v) is 6.55. The van der Waals surface area contributed by atoms with Crippen molar-refractivity contribution in [2.24, 2.45) is 5.73 Å². The van der Waals surface area contributed by atoms with Crippen LogP contribution in [-0.2, 0) is 19.1 Å². The van der Waals surface area contributed by atoms with Crippen molar-refractivity contribution in [3.05, 3.63) is 29.3 Å². The van der Waals surface area contributed by atoms with Crippen molar-refractivity contribution in [2.45, 2.75) is 31.9 Å². The first-order chi connectivity index (χ1) is 13.3. The minimum Gasteiger partial charge on any atom is -0.383 e. The Morgan fingerprint density at radius 3 is 2.68 bits per heavy atom. The van der Waals surface area contributed by atoms with E-state index in [1.165, 1.54) is 12.1 Å². The van der Waals surface area contributed by atoms with Gasteiger partial charge in [0.05, 0.1) is 17.7 Å². The van der Waals surface area contributed by atoms with E-state index in [2.05, 4.69) is 10.6 Å². The molecular formula is C18H20N4O6. The van der Waals surface area contributed by atoms with E-state index in [4.69, 9.17) is 10.5 Å². The number of fused-ring (bicyclic) bond motifs is 1. The zero-order chi connectivity index (χ0) is 20.4. The number of piperidine rings is 1. The van der Waals surface area contributed by atoms with E-state index in [0.717, 1.165) is 4.90 Å². The van der Waals surface area contributed by atoms with Crippen molar-refractivity contribution < 1.29 is 28.7 Å². The summed E-state index contributed by atoms with van der Waals surface area (Å²) in [5.41, 5.74) is 6.08. The van der Waals surface area contributed by atoms with E-state index in [0.29, 0.717) is 12.2 Å². The highest BCUT2D eigenvalue weighted by molar-refractivity contribution is 6.23. The van der Waals surface area contributed by atoms with Gasteiger partial charge in [-0.25, -0.2) is 0 Å². The van der Waals surface area contributed by atoms with Crippen LogP contribution in [0.25, 0.3) is 0 Å². The molecule has 2 aliphatic heterocycles. The summed E-state index contributed by atoms with van der Waals surface area (Å²) >= 11 is 0. The standard InChI is InChI=1S/C18H20N4O6/c1-9(15(19)24)28-7-6-20-10-2-3-11-12(8-10)18(27)22(17(11)26)13-4-5-14(23)21-16(13)25/h2-3,8-9,13,20H,4-7H2,1H3,(H2,19,24)(H,21,23,25). The van der Waals surface area contributed by atoms with Crippen LogP contribution in [0.4, 0.5) is 5.69 Å². The zero-order valence-corrected chi connectivity index (χ0v) is 15.2. The molecule has 0 spiro atoms. The lowest BCUT2D eigenvalue weighted by Crippen LogP contribution is -2.54. The Balaban J connectivity index is 1.67. The zero-order valence-electron chi connectivity index (χ0n) is 15.2. The summed E-state index contributed by atoms with van der Waals surface area (Å²) in [6.07, 6.45) is -0.528. The molecule has 1 aromatic carbocycles. The number of hydrogen-bond acceptors (Lipinski definition) is 7. The minimum absolute atomic E-state index is 0.0698. The molecule has 28 heavy (non-hydrogen) atoms. The minimum atomic E-state index is -0.995. The number of imide groups is 2. The van der Waals surface area contributed by atoms with Gasteiger partial charge in [0.1, 0.15) is 12.1 Å². The van der Waals surface area contributed by atoms with Crippen molar-refractivity contribution in [1.29, 1.82) is 0 Å². The van der Waals surface area contributed by atoms with Crippen LogP contribution >= 0.6 is 0 Å². The van der Waals surface area contributed by atoms with Crippen molar-refractivity contribution in [3.63, 3.8) is 0 Å². The molecule has 2 atom stereocenters. The van der Waals surface area contributed by atoms with Crippen LogP contribution in [0, 0.1) is 0 Å². The average Bonchev–Trinajstić information content (AvgIpc) is 2.89. The Labute approximate surface area is 160 Å². The van der Waals surface area contributed by atoms with Gasteiger partial charge in [0.25, 0.3) is 11.8 Å². The number of nitrogens with zero attached hydrogens (tertiary/aromatic N) is 1. The van der Waals surface area contributed by atoms with Crippen LogP contribution in [-0.4, -0.2) is 59.7 Å². The van der Waals surface area contributed by atoms with Crippen LogP contribution in [0.1, 0.15) is 40.5 Å². The van der Waals surface area contributed by atoms with Gasteiger partial charge in [0, 0.05) is 18.7 Å². The lowest BCUT2D eigenvalue weighted by molar-refractivity contribution is -0.136. The van der Waals surface area contributed by atoms with Gasteiger partial charge < -0.3 is 15.8 Å². The summed E-state index contributed by atoms with van der Waals surface area (Å²) in [5, 5.41) is 5.18. The van der Waals surface area contributed by atoms with Gasteiger partial charge in [0.15, 0.2) is 0 Å². The smallest absolute Gasteiger partial charge is 0.262 e. The topological polar surface area (TPSA) is 148 Å². The predicted octanol–water partition coefficient (Wildman–Crippen LogP) is -0.610. The highest BCUT2D eigenvalue weighted by Gasteiger charge is 2.44. The highest BCUT2D eigenvalue weighted by atomic mass is 16.5. The third-order valence-corrected chi connectivity index (χ3v) is 4.64. The number of benzene rings is 1. The number of primary amides is 1. The van der Waals surface area contributed by atoms with Gasteiger partial charge in [-0.05, 0) is 31.5 Å². The fraction of sp³-hybridized carbons (Fsp3) is 0.389. The molecule has 0 bridgehead atoms. The molecule has 3 rings (SSSR count). The van der Waals surface area contributed by atoms with Gasteiger partial charge >= 0.3 is 0 Å². The number of hydrogen-bond donors (Lipinski definition) is 3. The lowest BCUT2D eigenvalue weighted by Gasteiger charge is -2.27. The molecule has 0 saturated carbocycles.